The number of halogens is 2. The van der Waals surface area contributed by atoms with Gasteiger partial charge in [0.15, 0.2) is 0 Å². The maximum Gasteiger partial charge on any atom is 0.305 e. The van der Waals surface area contributed by atoms with E-state index in [1.165, 1.54) is 18.5 Å². The fourth-order valence-corrected chi connectivity index (χ4v) is 3.54. The fraction of sp³-hybridized carbons (Fsp3) is 0.0833. The molecule has 0 saturated heterocycles. The molecular formula is C24H19Cl2N3O4. The normalized spacial score (nSPS) is 11.7. The van der Waals surface area contributed by atoms with Crippen LogP contribution in [0.2, 0.25) is 10.0 Å². The zero-order valence-electron chi connectivity index (χ0n) is 17.2. The molecule has 1 heterocycles. The van der Waals surface area contributed by atoms with E-state index in [1.54, 1.807) is 30.3 Å². The van der Waals surface area contributed by atoms with Crippen molar-refractivity contribution in [1.29, 1.82) is 0 Å². The Kier molecular flexibility index (Phi) is 8.18. The zero-order valence-corrected chi connectivity index (χ0v) is 18.7. The molecule has 2 amide bonds. The van der Waals surface area contributed by atoms with Gasteiger partial charge in [-0.3, -0.25) is 19.4 Å². The van der Waals surface area contributed by atoms with E-state index in [9.17, 15) is 19.5 Å². The summed E-state index contributed by atoms with van der Waals surface area (Å²) >= 11 is 12.0. The monoisotopic (exact) mass is 483 g/mol. The number of nitrogens with zero attached hydrogens (tertiary/aromatic N) is 1. The highest BCUT2D eigenvalue weighted by atomic mass is 35.5. The van der Waals surface area contributed by atoms with E-state index in [2.05, 4.69) is 15.6 Å². The fourth-order valence-electron chi connectivity index (χ4n) is 3.00. The van der Waals surface area contributed by atoms with Crippen molar-refractivity contribution in [3.05, 3.63) is 99.8 Å². The summed E-state index contributed by atoms with van der Waals surface area (Å²) in [5, 5.41) is 14.9. The predicted molar refractivity (Wildman–Crippen MR) is 127 cm³/mol. The van der Waals surface area contributed by atoms with Crippen LogP contribution in [0.15, 0.2) is 73.1 Å². The molecule has 3 aromatic rings. The number of carboxylic acids is 1. The largest absolute Gasteiger partial charge is 0.481 e. The molecule has 0 saturated carbocycles. The Labute approximate surface area is 200 Å². The summed E-state index contributed by atoms with van der Waals surface area (Å²) < 4.78 is 0. The molecule has 0 bridgehead atoms. The van der Waals surface area contributed by atoms with Gasteiger partial charge in [0.25, 0.3) is 5.91 Å². The molecule has 0 fully saturated rings. The van der Waals surface area contributed by atoms with Gasteiger partial charge in [-0.05, 0) is 29.3 Å². The van der Waals surface area contributed by atoms with Crippen molar-refractivity contribution in [2.24, 2.45) is 0 Å². The number of aliphatic carboxylic acids is 1. The molecule has 2 aromatic carbocycles. The number of hydrogen-bond acceptors (Lipinski definition) is 4. The van der Waals surface area contributed by atoms with Crippen LogP contribution in [-0.4, -0.2) is 27.9 Å². The number of hydrogen-bond donors (Lipinski definition) is 3. The Bertz CT molecular complexity index is 1160. The van der Waals surface area contributed by atoms with Crippen molar-refractivity contribution >= 4 is 52.7 Å². The second-order valence-corrected chi connectivity index (χ2v) is 7.77. The second kappa shape index (κ2) is 11.3. The van der Waals surface area contributed by atoms with Gasteiger partial charge in [-0.25, -0.2) is 0 Å². The van der Waals surface area contributed by atoms with Crippen LogP contribution in [0.3, 0.4) is 0 Å². The molecule has 0 aliphatic heterocycles. The molecular weight excluding hydrogens is 465 g/mol. The summed E-state index contributed by atoms with van der Waals surface area (Å²) in [5.74, 6) is -2.00. The van der Waals surface area contributed by atoms with Crippen LogP contribution in [0.5, 0.6) is 0 Å². The lowest BCUT2D eigenvalue weighted by Gasteiger charge is -2.17. The number of rotatable bonds is 8. The molecule has 1 aromatic heterocycles. The average Bonchev–Trinajstić information content (AvgIpc) is 2.78. The molecule has 1 atom stereocenters. The summed E-state index contributed by atoms with van der Waals surface area (Å²) in [7, 11) is 0. The number of nitrogens with one attached hydrogen (secondary N) is 2. The van der Waals surface area contributed by atoms with E-state index in [0.29, 0.717) is 11.3 Å². The van der Waals surface area contributed by atoms with Crippen LogP contribution >= 0.6 is 23.2 Å². The van der Waals surface area contributed by atoms with Gasteiger partial charge in [0.1, 0.15) is 0 Å². The van der Waals surface area contributed by atoms with Gasteiger partial charge in [-0.1, -0.05) is 65.7 Å². The Balaban J connectivity index is 1.71. The standard InChI is InChI=1S/C24H19Cl2N3O4/c25-18-13-27-14-19(26)23(18)24(33)28-17-9-7-16(8-10-17)20(12-22(31)32)29-21(30)11-6-15-4-2-1-3-5-15/h1-11,13-14,20H,12H2,(H,28,33)(H,29,30)(H,31,32). The Morgan fingerprint density at radius 3 is 2.21 bits per heavy atom. The van der Waals surface area contributed by atoms with Crippen molar-refractivity contribution < 1.29 is 19.5 Å². The first-order chi connectivity index (χ1) is 15.8. The quantitative estimate of drug-likeness (QED) is 0.391. The third kappa shape index (κ3) is 6.90. The van der Waals surface area contributed by atoms with Gasteiger partial charge in [-0.15, -0.1) is 0 Å². The van der Waals surface area contributed by atoms with Crippen LogP contribution < -0.4 is 10.6 Å². The molecule has 33 heavy (non-hydrogen) atoms. The maximum atomic E-state index is 12.5. The molecule has 0 radical (unpaired) electrons. The summed E-state index contributed by atoms with van der Waals surface area (Å²) in [6.07, 6.45) is 5.31. The summed E-state index contributed by atoms with van der Waals surface area (Å²) in [4.78, 5) is 40.0. The van der Waals surface area contributed by atoms with Crippen LogP contribution in [0.1, 0.15) is 33.9 Å². The molecule has 3 rings (SSSR count). The maximum absolute atomic E-state index is 12.5. The van der Waals surface area contributed by atoms with Gasteiger partial charge in [0, 0.05) is 24.2 Å². The molecule has 0 aliphatic carbocycles. The van der Waals surface area contributed by atoms with Gasteiger partial charge in [0.05, 0.1) is 28.1 Å². The number of benzene rings is 2. The van der Waals surface area contributed by atoms with Crippen molar-refractivity contribution in [3.63, 3.8) is 0 Å². The van der Waals surface area contributed by atoms with Gasteiger partial charge >= 0.3 is 5.97 Å². The third-order valence-electron chi connectivity index (χ3n) is 4.57. The van der Waals surface area contributed by atoms with Gasteiger partial charge in [0.2, 0.25) is 5.91 Å². The van der Waals surface area contributed by atoms with Crippen LogP contribution in [0.4, 0.5) is 5.69 Å². The Morgan fingerprint density at radius 2 is 1.61 bits per heavy atom. The second-order valence-electron chi connectivity index (χ2n) is 6.96. The molecule has 168 valence electrons. The van der Waals surface area contributed by atoms with E-state index in [4.69, 9.17) is 23.2 Å². The number of carbonyl (C=O) groups is 3. The van der Waals surface area contributed by atoms with Crippen LogP contribution in [-0.2, 0) is 9.59 Å². The highest BCUT2D eigenvalue weighted by Crippen LogP contribution is 2.25. The van der Waals surface area contributed by atoms with Crippen molar-refractivity contribution in [3.8, 4) is 0 Å². The first kappa shape index (κ1) is 24.0. The lowest BCUT2D eigenvalue weighted by Crippen LogP contribution is -2.28. The van der Waals surface area contributed by atoms with E-state index in [0.717, 1.165) is 5.56 Å². The zero-order chi connectivity index (χ0) is 23.8. The summed E-state index contributed by atoms with van der Waals surface area (Å²) in [6, 6.07) is 14.9. The third-order valence-corrected chi connectivity index (χ3v) is 5.15. The molecule has 0 aliphatic rings. The van der Waals surface area contributed by atoms with Crippen LogP contribution in [0.25, 0.3) is 6.08 Å². The van der Waals surface area contributed by atoms with E-state index < -0.39 is 23.8 Å². The lowest BCUT2D eigenvalue weighted by atomic mass is 10.0. The molecule has 0 spiro atoms. The number of carboxylic acid groups (broad SMARTS) is 1. The van der Waals surface area contributed by atoms with E-state index in [1.807, 2.05) is 30.3 Å². The minimum atomic E-state index is -1.06. The number of anilines is 1. The molecule has 1 unspecified atom stereocenters. The first-order valence-electron chi connectivity index (χ1n) is 9.79. The summed E-state index contributed by atoms with van der Waals surface area (Å²) in [5.41, 5.74) is 1.95. The smallest absolute Gasteiger partial charge is 0.305 e. The average molecular weight is 484 g/mol. The van der Waals surface area contributed by atoms with Gasteiger partial charge < -0.3 is 15.7 Å². The molecule has 7 nitrogen and oxygen atoms in total. The van der Waals surface area contributed by atoms with Gasteiger partial charge in [-0.2, -0.15) is 0 Å². The number of pyridine rings is 1. The van der Waals surface area contributed by atoms with Crippen LogP contribution in [0, 0.1) is 0 Å². The number of carbonyl (C=O) groups excluding carboxylic acids is 2. The first-order valence-corrected chi connectivity index (χ1v) is 10.5. The summed E-state index contributed by atoms with van der Waals surface area (Å²) in [6.45, 7) is 0. The minimum Gasteiger partial charge on any atom is -0.481 e. The Morgan fingerprint density at radius 1 is 0.970 bits per heavy atom. The van der Waals surface area contributed by atoms with E-state index in [-0.39, 0.29) is 22.0 Å². The Hall–Kier alpha value is -3.68. The highest BCUT2D eigenvalue weighted by Gasteiger charge is 2.18. The number of aromatic nitrogens is 1. The van der Waals surface area contributed by atoms with E-state index >= 15 is 0 Å². The predicted octanol–water partition coefficient (Wildman–Crippen LogP) is 4.99. The lowest BCUT2D eigenvalue weighted by molar-refractivity contribution is -0.137. The molecule has 9 heteroatoms. The topological polar surface area (TPSA) is 108 Å². The highest BCUT2D eigenvalue weighted by molar-refractivity contribution is 6.40. The van der Waals surface area contributed by atoms with Crippen molar-refractivity contribution in [2.45, 2.75) is 12.5 Å². The number of amides is 2. The van der Waals surface area contributed by atoms with Crippen molar-refractivity contribution in [1.82, 2.24) is 10.3 Å². The minimum absolute atomic E-state index is 0.0960. The molecule has 3 N–H and O–H groups in total. The SMILES string of the molecule is O=C(O)CC(NC(=O)C=Cc1ccccc1)c1ccc(NC(=O)c2c(Cl)cncc2Cl)cc1. The van der Waals surface area contributed by atoms with Crippen molar-refractivity contribution in [2.75, 3.05) is 5.32 Å².